The molecular formula is C16H17FN4O3. The van der Waals surface area contributed by atoms with E-state index in [9.17, 15) is 14.0 Å². The molecule has 2 amide bonds. The molecule has 7 nitrogen and oxygen atoms in total. The average Bonchev–Trinajstić information content (AvgIpc) is 3.11. The molecular weight excluding hydrogens is 315 g/mol. The number of carbonyl (C=O) groups excluding carboxylic acids is 2. The van der Waals surface area contributed by atoms with Crippen LogP contribution in [0.4, 0.5) is 10.1 Å². The molecule has 0 saturated carbocycles. The molecule has 1 aromatic heterocycles. The zero-order chi connectivity index (χ0) is 17.1. The quantitative estimate of drug-likeness (QED) is 0.916. The van der Waals surface area contributed by atoms with Gasteiger partial charge in [-0.1, -0.05) is 6.07 Å². The smallest absolute Gasteiger partial charge is 0.255 e. The van der Waals surface area contributed by atoms with Gasteiger partial charge in [-0.3, -0.25) is 9.59 Å². The highest BCUT2D eigenvalue weighted by Crippen LogP contribution is 2.24. The van der Waals surface area contributed by atoms with Gasteiger partial charge in [0, 0.05) is 25.9 Å². The number of morpholine rings is 1. The normalized spacial score (nSPS) is 17.6. The van der Waals surface area contributed by atoms with Crippen LogP contribution in [0.15, 0.2) is 36.7 Å². The summed E-state index contributed by atoms with van der Waals surface area (Å²) in [7, 11) is 0. The number of benzene rings is 1. The van der Waals surface area contributed by atoms with Gasteiger partial charge in [0.15, 0.2) is 6.10 Å². The van der Waals surface area contributed by atoms with Crippen LogP contribution in [0, 0.1) is 5.82 Å². The third-order valence-corrected chi connectivity index (χ3v) is 3.80. The minimum absolute atomic E-state index is 0.0229. The van der Waals surface area contributed by atoms with Gasteiger partial charge in [0.05, 0.1) is 18.8 Å². The van der Waals surface area contributed by atoms with E-state index in [4.69, 9.17) is 4.74 Å². The van der Waals surface area contributed by atoms with Crippen molar-refractivity contribution in [1.29, 1.82) is 0 Å². The number of nitrogens with zero attached hydrogens (tertiary/aromatic N) is 3. The van der Waals surface area contributed by atoms with Crippen molar-refractivity contribution in [3.05, 3.63) is 42.5 Å². The first-order valence-corrected chi connectivity index (χ1v) is 7.53. The summed E-state index contributed by atoms with van der Waals surface area (Å²) in [6.07, 6.45) is 2.37. The Labute approximate surface area is 138 Å². The summed E-state index contributed by atoms with van der Waals surface area (Å²) in [5, 5.41) is 6.62. The number of nitrogens with one attached hydrogen (secondary N) is 1. The molecule has 1 aliphatic heterocycles. The Bertz CT molecular complexity index is 748. The van der Waals surface area contributed by atoms with Gasteiger partial charge in [0.1, 0.15) is 11.5 Å². The molecule has 1 fully saturated rings. The number of aromatic nitrogens is 2. The lowest BCUT2D eigenvalue weighted by Gasteiger charge is -2.31. The van der Waals surface area contributed by atoms with E-state index in [-0.39, 0.29) is 24.7 Å². The second kappa shape index (κ2) is 6.79. The largest absolute Gasteiger partial charge is 0.365 e. The topological polar surface area (TPSA) is 76.5 Å². The van der Waals surface area contributed by atoms with Crippen molar-refractivity contribution in [3.63, 3.8) is 0 Å². The Morgan fingerprint density at radius 3 is 2.92 bits per heavy atom. The molecule has 1 aliphatic rings. The Hall–Kier alpha value is -2.74. The number of hydrogen-bond donors (Lipinski definition) is 1. The molecule has 1 atom stereocenters. The molecule has 1 aromatic carbocycles. The van der Waals surface area contributed by atoms with Crippen molar-refractivity contribution < 1.29 is 18.7 Å². The lowest BCUT2D eigenvalue weighted by Crippen LogP contribution is -2.49. The van der Waals surface area contributed by atoms with Crippen LogP contribution < -0.4 is 5.32 Å². The highest BCUT2D eigenvalue weighted by atomic mass is 19.1. The Morgan fingerprint density at radius 1 is 1.38 bits per heavy atom. The van der Waals surface area contributed by atoms with Crippen molar-refractivity contribution in [2.75, 3.05) is 25.0 Å². The van der Waals surface area contributed by atoms with Crippen molar-refractivity contribution in [2.45, 2.75) is 13.0 Å². The molecule has 1 unspecified atom stereocenters. The van der Waals surface area contributed by atoms with Gasteiger partial charge in [-0.2, -0.15) is 5.10 Å². The Kier molecular flexibility index (Phi) is 4.57. The molecule has 0 radical (unpaired) electrons. The van der Waals surface area contributed by atoms with Crippen LogP contribution in [-0.2, 0) is 14.3 Å². The molecule has 0 spiro atoms. The van der Waals surface area contributed by atoms with E-state index in [1.807, 2.05) is 0 Å². The summed E-state index contributed by atoms with van der Waals surface area (Å²) >= 11 is 0. The van der Waals surface area contributed by atoms with E-state index >= 15 is 0 Å². The molecule has 24 heavy (non-hydrogen) atoms. The maximum absolute atomic E-state index is 14.2. The van der Waals surface area contributed by atoms with Crippen molar-refractivity contribution >= 4 is 17.5 Å². The molecule has 2 aromatic rings. The number of hydrogen-bond acceptors (Lipinski definition) is 4. The van der Waals surface area contributed by atoms with E-state index < -0.39 is 17.8 Å². The fourth-order valence-electron chi connectivity index (χ4n) is 2.54. The molecule has 8 heteroatoms. The van der Waals surface area contributed by atoms with Gasteiger partial charge in [0.25, 0.3) is 5.91 Å². The van der Waals surface area contributed by atoms with E-state index in [0.29, 0.717) is 12.2 Å². The van der Waals surface area contributed by atoms with E-state index in [1.54, 1.807) is 24.5 Å². The van der Waals surface area contributed by atoms with Crippen molar-refractivity contribution in [1.82, 2.24) is 14.7 Å². The van der Waals surface area contributed by atoms with Gasteiger partial charge in [-0.05, 0) is 18.2 Å². The van der Waals surface area contributed by atoms with Gasteiger partial charge in [-0.15, -0.1) is 0 Å². The maximum Gasteiger partial charge on any atom is 0.255 e. The van der Waals surface area contributed by atoms with Crippen LogP contribution in [0.5, 0.6) is 0 Å². The first-order valence-electron chi connectivity index (χ1n) is 7.53. The van der Waals surface area contributed by atoms with Crippen LogP contribution >= 0.6 is 0 Å². The summed E-state index contributed by atoms with van der Waals surface area (Å²) in [5.74, 6) is -1.20. The highest BCUT2D eigenvalue weighted by molar-refractivity contribution is 5.96. The average molecular weight is 332 g/mol. The van der Waals surface area contributed by atoms with Gasteiger partial charge < -0.3 is 15.0 Å². The van der Waals surface area contributed by atoms with Crippen LogP contribution in [0.1, 0.15) is 6.92 Å². The number of rotatable bonds is 3. The highest BCUT2D eigenvalue weighted by Gasteiger charge is 2.29. The fraction of sp³-hybridized carbons (Fsp3) is 0.312. The zero-order valence-corrected chi connectivity index (χ0v) is 13.1. The van der Waals surface area contributed by atoms with E-state index in [1.165, 1.54) is 28.6 Å². The van der Waals surface area contributed by atoms with Gasteiger partial charge in [0.2, 0.25) is 5.91 Å². The SMILES string of the molecule is CC(=O)N1CCOC(C(=O)Nc2c(F)cccc2-n2cccn2)C1. The predicted octanol–water partition coefficient (Wildman–Crippen LogP) is 1.20. The van der Waals surface area contributed by atoms with E-state index in [2.05, 4.69) is 10.4 Å². The number of anilines is 1. The summed E-state index contributed by atoms with van der Waals surface area (Å²) in [6, 6.07) is 6.14. The third-order valence-electron chi connectivity index (χ3n) is 3.80. The minimum atomic E-state index is -0.840. The summed E-state index contributed by atoms with van der Waals surface area (Å²) in [5.41, 5.74) is 0.433. The Morgan fingerprint density at radius 2 is 2.21 bits per heavy atom. The maximum atomic E-state index is 14.2. The van der Waals surface area contributed by atoms with E-state index in [0.717, 1.165) is 0 Å². The number of carbonyl (C=O) groups is 2. The number of amides is 2. The van der Waals surface area contributed by atoms with Gasteiger partial charge >= 0.3 is 0 Å². The molecule has 1 N–H and O–H groups in total. The molecule has 0 aliphatic carbocycles. The second-order valence-electron chi connectivity index (χ2n) is 5.40. The minimum Gasteiger partial charge on any atom is -0.365 e. The Balaban J connectivity index is 1.81. The van der Waals surface area contributed by atoms with Crippen LogP contribution in [0.3, 0.4) is 0 Å². The lowest BCUT2D eigenvalue weighted by molar-refractivity contribution is -0.143. The second-order valence-corrected chi connectivity index (χ2v) is 5.40. The molecule has 0 bridgehead atoms. The summed E-state index contributed by atoms with van der Waals surface area (Å²) in [6.45, 7) is 2.29. The number of ether oxygens (including phenoxy) is 1. The molecule has 1 saturated heterocycles. The third kappa shape index (κ3) is 3.28. The van der Waals surface area contributed by atoms with Crippen LogP contribution in [0.25, 0.3) is 5.69 Å². The fourth-order valence-corrected chi connectivity index (χ4v) is 2.54. The first-order chi connectivity index (χ1) is 11.6. The summed E-state index contributed by atoms with van der Waals surface area (Å²) in [4.78, 5) is 25.4. The van der Waals surface area contributed by atoms with Crippen molar-refractivity contribution in [3.8, 4) is 5.69 Å². The first kappa shape index (κ1) is 16.1. The van der Waals surface area contributed by atoms with Crippen molar-refractivity contribution in [2.24, 2.45) is 0 Å². The van der Waals surface area contributed by atoms with Crippen LogP contribution in [-0.4, -0.2) is 52.3 Å². The number of para-hydroxylation sites is 1. The monoisotopic (exact) mass is 332 g/mol. The van der Waals surface area contributed by atoms with Crippen LogP contribution in [0.2, 0.25) is 0 Å². The number of halogens is 1. The standard InChI is InChI=1S/C16H17FN4O3/c1-11(22)20-8-9-24-14(10-20)16(23)19-15-12(17)4-2-5-13(15)21-7-3-6-18-21/h2-7,14H,8-10H2,1H3,(H,19,23). The molecule has 2 heterocycles. The summed E-state index contributed by atoms with van der Waals surface area (Å²) < 4.78 is 21.1. The lowest BCUT2D eigenvalue weighted by atomic mass is 10.2. The zero-order valence-electron chi connectivity index (χ0n) is 13.1. The molecule has 126 valence electrons. The predicted molar refractivity (Wildman–Crippen MR) is 84.1 cm³/mol. The molecule has 3 rings (SSSR count). The van der Waals surface area contributed by atoms with Gasteiger partial charge in [-0.25, -0.2) is 9.07 Å².